The van der Waals surface area contributed by atoms with E-state index in [1.165, 1.54) is 0 Å². The average molecular weight is 367 g/mol. The molecule has 5 nitrogen and oxygen atoms in total. The zero-order valence-corrected chi connectivity index (χ0v) is 15.3. The number of benzene rings is 2. The number of fused-ring (bicyclic) bond motifs is 2. The first-order valence-electron chi connectivity index (χ1n) is 8.56. The summed E-state index contributed by atoms with van der Waals surface area (Å²) < 4.78 is 0. The number of nitrogens with one attached hydrogen (secondary N) is 3. The Bertz CT molecular complexity index is 1060. The van der Waals surface area contributed by atoms with Gasteiger partial charge in [0.1, 0.15) is 11.5 Å². The Hall–Kier alpha value is -2.79. The van der Waals surface area contributed by atoms with Gasteiger partial charge in [-0.25, -0.2) is 4.98 Å². The lowest BCUT2D eigenvalue weighted by atomic mass is 10.0. The van der Waals surface area contributed by atoms with E-state index in [2.05, 4.69) is 20.3 Å². The Morgan fingerprint density at radius 1 is 1.04 bits per heavy atom. The summed E-state index contributed by atoms with van der Waals surface area (Å²) in [6, 6.07) is 15.2. The van der Waals surface area contributed by atoms with Crippen LogP contribution in [0, 0.1) is 5.92 Å². The van der Waals surface area contributed by atoms with E-state index in [-0.39, 0.29) is 17.9 Å². The maximum absolute atomic E-state index is 12.9. The Balaban J connectivity index is 1.67. The zero-order chi connectivity index (χ0) is 18.3. The molecule has 1 unspecified atom stereocenters. The fraction of sp³-hybridized carbons (Fsp3) is 0.200. The van der Waals surface area contributed by atoms with Crippen molar-refractivity contribution in [1.29, 1.82) is 0 Å². The number of hydrogen-bond acceptors (Lipinski definition) is 2. The number of para-hydroxylation sites is 3. The quantitative estimate of drug-likeness (QED) is 0.484. The van der Waals surface area contributed by atoms with Crippen LogP contribution in [0.5, 0.6) is 0 Å². The normalized spacial score (nSPS) is 12.8. The Kier molecular flexibility index (Phi) is 4.17. The lowest BCUT2D eigenvalue weighted by Gasteiger charge is -2.20. The van der Waals surface area contributed by atoms with Crippen molar-refractivity contribution in [3.8, 4) is 0 Å². The van der Waals surface area contributed by atoms with Crippen LogP contribution in [0.2, 0.25) is 5.02 Å². The van der Waals surface area contributed by atoms with Gasteiger partial charge in [0.2, 0.25) is 0 Å². The van der Waals surface area contributed by atoms with E-state index >= 15 is 0 Å². The van der Waals surface area contributed by atoms with Gasteiger partial charge >= 0.3 is 0 Å². The maximum atomic E-state index is 12.9. The van der Waals surface area contributed by atoms with Gasteiger partial charge in [-0.1, -0.05) is 55.8 Å². The number of carbonyl (C=O) groups is 1. The molecule has 6 heteroatoms. The molecule has 2 aromatic carbocycles. The van der Waals surface area contributed by atoms with Crippen molar-refractivity contribution in [2.45, 2.75) is 19.9 Å². The fourth-order valence-electron chi connectivity index (χ4n) is 3.15. The topological polar surface area (TPSA) is 73.6 Å². The minimum absolute atomic E-state index is 0.155. The minimum Gasteiger partial charge on any atom is -0.349 e. The second-order valence-electron chi connectivity index (χ2n) is 6.69. The molecule has 0 radical (unpaired) electrons. The number of nitrogens with zero attached hydrogens (tertiary/aromatic N) is 1. The monoisotopic (exact) mass is 366 g/mol. The number of imidazole rings is 1. The van der Waals surface area contributed by atoms with Crippen LogP contribution < -0.4 is 5.32 Å². The summed E-state index contributed by atoms with van der Waals surface area (Å²) in [7, 11) is 0. The highest BCUT2D eigenvalue weighted by molar-refractivity contribution is 6.38. The molecular formula is C20H19ClN4O. The van der Waals surface area contributed by atoms with Gasteiger partial charge in [-0.15, -0.1) is 0 Å². The van der Waals surface area contributed by atoms with E-state index in [4.69, 9.17) is 11.6 Å². The summed E-state index contributed by atoms with van der Waals surface area (Å²) >= 11 is 6.41. The molecule has 0 fully saturated rings. The number of carbonyl (C=O) groups excluding carboxylic acids is 1. The summed E-state index contributed by atoms with van der Waals surface area (Å²) in [4.78, 5) is 23.9. The van der Waals surface area contributed by atoms with Gasteiger partial charge < -0.3 is 15.3 Å². The molecule has 0 aliphatic rings. The van der Waals surface area contributed by atoms with Crippen LogP contribution in [0.15, 0.2) is 48.5 Å². The molecule has 4 rings (SSSR count). The molecule has 132 valence electrons. The van der Waals surface area contributed by atoms with Gasteiger partial charge in [0, 0.05) is 10.9 Å². The fourth-order valence-corrected chi connectivity index (χ4v) is 3.45. The molecule has 2 heterocycles. The van der Waals surface area contributed by atoms with Gasteiger partial charge in [0.15, 0.2) is 0 Å². The smallest absolute Gasteiger partial charge is 0.269 e. The zero-order valence-electron chi connectivity index (χ0n) is 14.5. The van der Waals surface area contributed by atoms with Gasteiger partial charge in [0.05, 0.1) is 22.1 Å². The number of amides is 1. The van der Waals surface area contributed by atoms with Crippen molar-refractivity contribution in [2.75, 3.05) is 0 Å². The highest BCUT2D eigenvalue weighted by atomic mass is 35.5. The van der Waals surface area contributed by atoms with Crippen molar-refractivity contribution >= 4 is 39.4 Å². The molecule has 4 aromatic rings. The van der Waals surface area contributed by atoms with Crippen LogP contribution in [0.1, 0.15) is 36.2 Å². The molecule has 2 aromatic heterocycles. The van der Waals surface area contributed by atoms with E-state index in [0.717, 1.165) is 27.8 Å². The predicted octanol–water partition coefficient (Wildman–Crippen LogP) is 4.82. The van der Waals surface area contributed by atoms with Crippen LogP contribution in [0.25, 0.3) is 21.9 Å². The molecule has 26 heavy (non-hydrogen) atoms. The molecule has 0 aliphatic carbocycles. The lowest BCUT2D eigenvalue weighted by Crippen LogP contribution is -2.32. The Morgan fingerprint density at radius 2 is 1.73 bits per heavy atom. The third kappa shape index (κ3) is 2.84. The third-order valence-electron chi connectivity index (χ3n) is 4.53. The molecule has 0 aliphatic heterocycles. The maximum Gasteiger partial charge on any atom is 0.269 e. The van der Waals surface area contributed by atoms with Crippen molar-refractivity contribution in [2.24, 2.45) is 5.92 Å². The summed E-state index contributed by atoms with van der Waals surface area (Å²) in [6.07, 6.45) is 0. The molecule has 1 atom stereocenters. The summed E-state index contributed by atoms with van der Waals surface area (Å²) in [5, 5.41) is 4.34. The molecular weight excluding hydrogens is 348 g/mol. The standard InChI is InChI=1S/C20H19ClN4O/c1-11(2)17(19-23-14-9-5-6-10-15(14)24-19)25-20(26)18-16(21)12-7-3-4-8-13(12)22-18/h3-11,17,22H,1-2H3,(H,23,24)(H,25,26). The van der Waals surface area contributed by atoms with Crippen LogP contribution >= 0.6 is 11.6 Å². The first-order chi connectivity index (χ1) is 12.5. The summed E-state index contributed by atoms with van der Waals surface area (Å²) in [5.41, 5.74) is 3.04. The van der Waals surface area contributed by atoms with Crippen LogP contribution in [-0.4, -0.2) is 20.9 Å². The minimum atomic E-state index is -0.252. The average Bonchev–Trinajstić information content (AvgIpc) is 3.21. The Labute approximate surface area is 155 Å². The largest absolute Gasteiger partial charge is 0.349 e. The highest BCUT2D eigenvalue weighted by Crippen LogP contribution is 2.28. The molecule has 0 saturated carbocycles. The lowest BCUT2D eigenvalue weighted by molar-refractivity contribution is 0.0919. The van der Waals surface area contributed by atoms with Crippen molar-refractivity contribution in [1.82, 2.24) is 20.3 Å². The first kappa shape index (κ1) is 16.7. The number of H-pyrrole nitrogens is 2. The van der Waals surface area contributed by atoms with Crippen LogP contribution in [0.3, 0.4) is 0 Å². The molecule has 0 saturated heterocycles. The number of rotatable bonds is 4. The SMILES string of the molecule is CC(C)C(NC(=O)c1[nH]c2ccccc2c1Cl)c1nc2ccccc2[nH]1. The molecule has 0 bridgehead atoms. The van der Waals surface area contributed by atoms with Gasteiger partial charge in [-0.3, -0.25) is 4.79 Å². The number of hydrogen-bond donors (Lipinski definition) is 3. The van der Waals surface area contributed by atoms with E-state index in [1.807, 2.05) is 62.4 Å². The summed E-state index contributed by atoms with van der Waals surface area (Å²) in [5.74, 6) is 0.648. The number of halogens is 1. The van der Waals surface area contributed by atoms with E-state index in [0.29, 0.717) is 10.7 Å². The van der Waals surface area contributed by atoms with Crippen molar-refractivity contribution in [3.63, 3.8) is 0 Å². The molecule has 0 spiro atoms. The number of aromatic nitrogens is 3. The van der Waals surface area contributed by atoms with Gasteiger partial charge in [-0.2, -0.15) is 0 Å². The summed E-state index contributed by atoms with van der Waals surface area (Å²) in [6.45, 7) is 4.09. The van der Waals surface area contributed by atoms with E-state index in [1.54, 1.807) is 0 Å². The van der Waals surface area contributed by atoms with Crippen molar-refractivity contribution in [3.05, 3.63) is 65.1 Å². The van der Waals surface area contributed by atoms with E-state index < -0.39 is 0 Å². The predicted molar refractivity (Wildman–Crippen MR) is 104 cm³/mol. The highest BCUT2D eigenvalue weighted by Gasteiger charge is 2.25. The number of aromatic amines is 2. The van der Waals surface area contributed by atoms with Crippen molar-refractivity contribution < 1.29 is 4.79 Å². The van der Waals surface area contributed by atoms with Crippen LogP contribution in [0.4, 0.5) is 0 Å². The molecule has 3 N–H and O–H groups in total. The van der Waals surface area contributed by atoms with Crippen LogP contribution in [-0.2, 0) is 0 Å². The van der Waals surface area contributed by atoms with E-state index in [9.17, 15) is 4.79 Å². The second-order valence-corrected chi connectivity index (χ2v) is 7.07. The van der Waals surface area contributed by atoms with Gasteiger partial charge in [0.25, 0.3) is 5.91 Å². The Morgan fingerprint density at radius 3 is 2.42 bits per heavy atom. The second kappa shape index (κ2) is 6.50. The third-order valence-corrected chi connectivity index (χ3v) is 4.92. The van der Waals surface area contributed by atoms with Gasteiger partial charge in [-0.05, 0) is 24.1 Å². The first-order valence-corrected chi connectivity index (χ1v) is 8.94. The molecule has 1 amide bonds.